The van der Waals surface area contributed by atoms with Crippen molar-refractivity contribution in [1.82, 2.24) is 5.48 Å². The molecule has 2 nitrogen and oxygen atoms in total. The van der Waals surface area contributed by atoms with Gasteiger partial charge in [0.15, 0.2) is 0 Å². The summed E-state index contributed by atoms with van der Waals surface area (Å²) in [5.41, 5.74) is 3.59. The molecule has 0 amide bonds. The van der Waals surface area contributed by atoms with Crippen molar-refractivity contribution in [2.75, 3.05) is 6.61 Å². The van der Waals surface area contributed by atoms with Gasteiger partial charge >= 0.3 is 0 Å². The Hall–Kier alpha value is -0.930. The van der Waals surface area contributed by atoms with Crippen LogP contribution in [0.1, 0.15) is 12.5 Å². The van der Waals surface area contributed by atoms with Gasteiger partial charge in [-0.2, -0.15) is 5.48 Å². The Labute approximate surface area is 71.3 Å². The molecule has 0 atom stereocenters. The van der Waals surface area contributed by atoms with E-state index in [2.05, 4.69) is 5.48 Å². The van der Waals surface area contributed by atoms with Gasteiger partial charge in [-0.15, -0.1) is 0 Å². The lowest BCUT2D eigenvalue weighted by Gasteiger charge is -2.02. The Morgan fingerprint density at radius 3 is 3.00 bits per heavy atom. The maximum absolute atomic E-state index is 12.6. The molecule has 1 aromatic carbocycles. The van der Waals surface area contributed by atoms with Crippen molar-refractivity contribution in [1.29, 1.82) is 0 Å². The smallest absolute Gasteiger partial charge is 0.123 e. The molecule has 0 unspecified atom stereocenters. The summed E-state index contributed by atoms with van der Waals surface area (Å²) in [4.78, 5) is 4.90. The molecule has 1 aromatic rings. The predicted molar refractivity (Wildman–Crippen MR) is 44.9 cm³/mol. The van der Waals surface area contributed by atoms with Gasteiger partial charge in [0, 0.05) is 6.54 Å². The molecule has 0 aliphatic carbocycles. The molecule has 3 heteroatoms. The zero-order valence-electron chi connectivity index (χ0n) is 7.01. The third-order valence-corrected chi connectivity index (χ3v) is 1.41. The average Bonchev–Trinajstić information content (AvgIpc) is 2.05. The minimum Gasteiger partial charge on any atom is -0.302 e. The van der Waals surface area contributed by atoms with Crippen LogP contribution in [0.4, 0.5) is 4.39 Å². The highest BCUT2D eigenvalue weighted by Gasteiger charge is 1.93. The SMILES string of the molecule is CCONCc1cccc(F)c1. The van der Waals surface area contributed by atoms with Crippen LogP contribution in [-0.4, -0.2) is 6.61 Å². The molecule has 1 N–H and O–H groups in total. The lowest BCUT2D eigenvalue weighted by molar-refractivity contribution is 0.0463. The van der Waals surface area contributed by atoms with Crippen LogP contribution < -0.4 is 5.48 Å². The first-order chi connectivity index (χ1) is 5.83. The van der Waals surface area contributed by atoms with Crippen LogP contribution in [0.3, 0.4) is 0 Å². The quantitative estimate of drug-likeness (QED) is 0.548. The molecule has 0 saturated heterocycles. The molecule has 0 fully saturated rings. The first kappa shape index (κ1) is 9.16. The van der Waals surface area contributed by atoms with E-state index >= 15 is 0 Å². The monoisotopic (exact) mass is 169 g/mol. The Bertz CT molecular complexity index is 240. The fraction of sp³-hybridized carbons (Fsp3) is 0.333. The second-order valence-electron chi connectivity index (χ2n) is 2.38. The van der Waals surface area contributed by atoms with Crippen LogP contribution in [0.15, 0.2) is 24.3 Å². The molecule has 0 heterocycles. The molecule has 0 aliphatic rings. The summed E-state index contributed by atoms with van der Waals surface area (Å²) >= 11 is 0. The number of hydroxylamine groups is 1. The highest BCUT2D eigenvalue weighted by Crippen LogP contribution is 2.02. The van der Waals surface area contributed by atoms with Gasteiger partial charge in [0.25, 0.3) is 0 Å². The molecule has 0 saturated carbocycles. The van der Waals surface area contributed by atoms with E-state index in [0.29, 0.717) is 13.2 Å². The predicted octanol–water partition coefficient (Wildman–Crippen LogP) is 1.87. The van der Waals surface area contributed by atoms with Gasteiger partial charge < -0.3 is 4.84 Å². The molecule has 0 aliphatic heterocycles. The molecular weight excluding hydrogens is 157 g/mol. The zero-order valence-corrected chi connectivity index (χ0v) is 7.01. The van der Waals surface area contributed by atoms with Crippen molar-refractivity contribution in [2.45, 2.75) is 13.5 Å². The highest BCUT2D eigenvalue weighted by molar-refractivity contribution is 5.15. The van der Waals surface area contributed by atoms with E-state index < -0.39 is 0 Å². The second-order valence-corrected chi connectivity index (χ2v) is 2.38. The lowest BCUT2D eigenvalue weighted by atomic mass is 10.2. The average molecular weight is 169 g/mol. The van der Waals surface area contributed by atoms with Gasteiger partial charge in [0.05, 0.1) is 6.61 Å². The van der Waals surface area contributed by atoms with Crippen molar-refractivity contribution in [3.05, 3.63) is 35.6 Å². The molecule has 12 heavy (non-hydrogen) atoms. The first-order valence-electron chi connectivity index (χ1n) is 3.92. The van der Waals surface area contributed by atoms with Crippen molar-refractivity contribution in [3.63, 3.8) is 0 Å². The summed E-state index contributed by atoms with van der Waals surface area (Å²) < 4.78 is 12.6. The summed E-state index contributed by atoms with van der Waals surface area (Å²) in [7, 11) is 0. The summed E-state index contributed by atoms with van der Waals surface area (Å²) in [6, 6.07) is 6.42. The normalized spacial score (nSPS) is 10.2. The number of rotatable bonds is 4. The number of benzene rings is 1. The first-order valence-corrected chi connectivity index (χ1v) is 3.92. The lowest BCUT2D eigenvalue weighted by Crippen LogP contribution is -2.13. The van der Waals surface area contributed by atoms with Crippen molar-refractivity contribution in [2.24, 2.45) is 0 Å². The minimum absolute atomic E-state index is 0.217. The van der Waals surface area contributed by atoms with Gasteiger partial charge in [0.1, 0.15) is 5.82 Å². The molecule has 0 spiro atoms. The molecule has 66 valence electrons. The van der Waals surface area contributed by atoms with Crippen LogP contribution in [0, 0.1) is 5.82 Å². The number of halogens is 1. The van der Waals surface area contributed by atoms with Gasteiger partial charge in [-0.25, -0.2) is 4.39 Å². The molecule has 1 rings (SSSR count). The molecule has 0 bridgehead atoms. The van der Waals surface area contributed by atoms with E-state index in [0.717, 1.165) is 5.56 Å². The van der Waals surface area contributed by atoms with Crippen LogP contribution in [0.2, 0.25) is 0 Å². The van der Waals surface area contributed by atoms with E-state index in [1.807, 2.05) is 13.0 Å². The van der Waals surface area contributed by atoms with Crippen molar-refractivity contribution >= 4 is 0 Å². The van der Waals surface area contributed by atoms with Gasteiger partial charge in [-0.1, -0.05) is 12.1 Å². The third-order valence-electron chi connectivity index (χ3n) is 1.41. The van der Waals surface area contributed by atoms with Crippen LogP contribution >= 0.6 is 0 Å². The van der Waals surface area contributed by atoms with E-state index in [1.165, 1.54) is 12.1 Å². The fourth-order valence-electron chi connectivity index (χ4n) is 0.883. The van der Waals surface area contributed by atoms with E-state index in [1.54, 1.807) is 6.07 Å². The minimum atomic E-state index is -0.217. The maximum atomic E-state index is 12.6. The summed E-state index contributed by atoms with van der Waals surface area (Å²) in [5.74, 6) is -0.217. The molecule has 0 radical (unpaired) electrons. The topological polar surface area (TPSA) is 21.3 Å². The van der Waals surface area contributed by atoms with Crippen LogP contribution in [-0.2, 0) is 11.4 Å². The highest BCUT2D eigenvalue weighted by atomic mass is 19.1. The van der Waals surface area contributed by atoms with Crippen molar-refractivity contribution in [3.8, 4) is 0 Å². The Morgan fingerprint density at radius 1 is 1.50 bits per heavy atom. The van der Waals surface area contributed by atoms with Gasteiger partial charge in [-0.3, -0.25) is 0 Å². The number of hydrogen-bond acceptors (Lipinski definition) is 2. The fourth-order valence-corrected chi connectivity index (χ4v) is 0.883. The van der Waals surface area contributed by atoms with Crippen LogP contribution in [0.5, 0.6) is 0 Å². The van der Waals surface area contributed by atoms with E-state index in [-0.39, 0.29) is 5.82 Å². The standard InChI is InChI=1S/C9H12FNO/c1-2-12-11-7-8-4-3-5-9(10)6-8/h3-6,11H,2,7H2,1H3. The second kappa shape index (κ2) is 4.85. The van der Waals surface area contributed by atoms with Gasteiger partial charge in [0.2, 0.25) is 0 Å². The van der Waals surface area contributed by atoms with Crippen molar-refractivity contribution < 1.29 is 9.23 Å². The summed E-state index contributed by atoms with van der Waals surface area (Å²) in [5, 5.41) is 0. The number of hydrogen-bond donors (Lipinski definition) is 1. The van der Waals surface area contributed by atoms with E-state index in [9.17, 15) is 4.39 Å². The largest absolute Gasteiger partial charge is 0.302 e. The maximum Gasteiger partial charge on any atom is 0.123 e. The summed E-state index contributed by atoms with van der Waals surface area (Å²) in [6.45, 7) is 3.03. The van der Waals surface area contributed by atoms with Gasteiger partial charge in [-0.05, 0) is 24.6 Å². The third kappa shape index (κ3) is 2.98. The Kier molecular flexibility index (Phi) is 3.70. The van der Waals surface area contributed by atoms with E-state index in [4.69, 9.17) is 4.84 Å². The molecular formula is C9H12FNO. The molecule has 0 aromatic heterocycles. The number of nitrogens with one attached hydrogen (secondary N) is 1. The Morgan fingerprint density at radius 2 is 2.33 bits per heavy atom. The van der Waals surface area contributed by atoms with Crippen LogP contribution in [0.25, 0.3) is 0 Å². The Balaban J connectivity index is 2.41. The zero-order chi connectivity index (χ0) is 8.81. The summed E-state index contributed by atoms with van der Waals surface area (Å²) in [6.07, 6.45) is 0.